The van der Waals surface area contributed by atoms with Crippen LogP contribution in [0.4, 0.5) is 9.80 Å². The van der Waals surface area contributed by atoms with Gasteiger partial charge in [0.2, 0.25) is 0 Å². The van der Waals surface area contributed by atoms with Gasteiger partial charge in [0.1, 0.15) is 9.83 Å². The number of hydrogen-bond donors (Lipinski definition) is 2. The van der Waals surface area contributed by atoms with E-state index in [0.29, 0.717) is 16.0 Å². The van der Waals surface area contributed by atoms with Gasteiger partial charge in [-0.3, -0.25) is 14.2 Å². The van der Waals surface area contributed by atoms with Gasteiger partial charge in [0.05, 0.1) is 11.3 Å². The van der Waals surface area contributed by atoms with Gasteiger partial charge >= 0.3 is 6.09 Å². The maximum Gasteiger partial charge on any atom is 0.407 e. The van der Waals surface area contributed by atoms with Gasteiger partial charge in [0, 0.05) is 34.6 Å². The molecule has 202 valence electrons. The standard InChI is InChI=1S/C31H33N3O4S/c1-31(2,3)34(30(37)38)23-16-14-21(15-17-23)32-28-26(27(36)20-10-6-4-7-11-20)24-18-19-25(35)33(29(24)39-28)22-12-8-5-9-13-22/h4-13,18-19,21,23,32H,14-17H2,1-3H3,(H,37,38)/t21-,23-. The Morgan fingerprint density at radius 1 is 0.923 bits per heavy atom. The predicted octanol–water partition coefficient (Wildman–Crippen LogP) is 6.78. The van der Waals surface area contributed by atoms with Crippen LogP contribution in [0.1, 0.15) is 62.4 Å². The Balaban J connectivity index is 1.52. The molecule has 2 aromatic heterocycles. The van der Waals surface area contributed by atoms with E-state index in [-0.39, 0.29) is 23.4 Å². The van der Waals surface area contributed by atoms with Crippen molar-refractivity contribution in [3.63, 3.8) is 0 Å². The van der Waals surface area contributed by atoms with Crippen molar-refractivity contribution >= 4 is 38.4 Å². The topological polar surface area (TPSA) is 91.6 Å². The highest BCUT2D eigenvalue weighted by Crippen LogP contribution is 2.39. The van der Waals surface area contributed by atoms with Crippen LogP contribution in [0, 0.1) is 0 Å². The highest BCUT2D eigenvalue weighted by Gasteiger charge is 2.36. The number of para-hydroxylation sites is 1. The average Bonchev–Trinajstić information content (AvgIpc) is 3.26. The number of thiophene rings is 1. The first-order valence-electron chi connectivity index (χ1n) is 13.3. The number of hydrogen-bond acceptors (Lipinski definition) is 5. The molecule has 0 unspecified atom stereocenters. The molecule has 1 aliphatic carbocycles. The van der Waals surface area contributed by atoms with Crippen molar-refractivity contribution in [3.8, 4) is 5.69 Å². The molecule has 4 aromatic rings. The highest BCUT2D eigenvalue weighted by atomic mass is 32.1. The van der Waals surface area contributed by atoms with E-state index in [1.54, 1.807) is 27.7 Å². The highest BCUT2D eigenvalue weighted by molar-refractivity contribution is 7.23. The maximum absolute atomic E-state index is 13.9. The number of rotatable bonds is 6. The summed E-state index contributed by atoms with van der Waals surface area (Å²) in [5, 5.41) is 14.9. The van der Waals surface area contributed by atoms with Gasteiger partial charge in [0.25, 0.3) is 5.56 Å². The Morgan fingerprint density at radius 3 is 2.13 bits per heavy atom. The molecule has 8 heteroatoms. The molecule has 39 heavy (non-hydrogen) atoms. The number of carboxylic acid groups (broad SMARTS) is 1. The second-order valence-corrected chi connectivity index (χ2v) is 12.0. The predicted molar refractivity (Wildman–Crippen MR) is 157 cm³/mol. The lowest BCUT2D eigenvalue weighted by atomic mass is 9.88. The third-order valence-electron chi connectivity index (χ3n) is 7.34. The third-order valence-corrected chi connectivity index (χ3v) is 8.47. The number of fused-ring (bicyclic) bond motifs is 1. The number of nitrogens with zero attached hydrogens (tertiary/aromatic N) is 2. The van der Waals surface area contributed by atoms with E-state index < -0.39 is 11.6 Å². The van der Waals surface area contributed by atoms with Crippen LogP contribution in [0.2, 0.25) is 0 Å². The van der Waals surface area contributed by atoms with Crippen LogP contribution >= 0.6 is 11.3 Å². The largest absolute Gasteiger partial charge is 0.465 e. The van der Waals surface area contributed by atoms with E-state index in [9.17, 15) is 19.5 Å². The van der Waals surface area contributed by atoms with Crippen molar-refractivity contribution in [2.24, 2.45) is 0 Å². The van der Waals surface area contributed by atoms with E-state index in [1.807, 2.05) is 69.3 Å². The maximum atomic E-state index is 13.9. The first kappa shape index (κ1) is 26.7. The Hall–Kier alpha value is -3.91. The molecule has 1 saturated carbocycles. The van der Waals surface area contributed by atoms with Gasteiger partial charge in [-0.2, -0.15) is 0 Å². The molecule has 7 nitrogen and oxygen atoms in total. The number of nitrogens with one attached hydrogen (secondary N) is 1. The van der Waals surface area contributed by atoms with E-state index in [1.165, 1.54) is 17.4 Å². The molecule has 2 heterocycles. The smallest absolute Gasteiger partial charge is 0.407 e. The monoisotopic (exact) mass is 543 g/mol. The molecule has 0 spiro atoms. The summed E-state index contributed by atoms with van der Waals surface area (Å²) in [6.07, 6.45) is 2.15. The number of pyridine rings is 1. The summed E-state index contributed by atoms with van der Waals surface area (Å²) >= 11 is 1.42. The number of ketones is 1. The van der Waals surface area contributed by atoms with Crippen molar-refractivity contribution in [2.75, 3.05) is 5.32 Å². The van der Waals surface area contributed by atoms with Crippen LogP contribution in [0.5, 0.6) is 0 Å². The molecule has 0 bridgehead atoms. The summed E-state index contributed by atoms with van der Waals surface area (Å²) in [5.41, 5.74) is 1.27. The Kier molecular flexibility index (Phi) is 7.32. The molecule has 1 aliphatic rings. The molecule has 0 atom stereocenters. The molecule has 0 radical (unpaired) electrons. The first-order valence-corrected chi connectivity index (χ1v) is 14.1. The number of carbonyl (C=O) groups excluding carboxylic acids is 1. The number of aromatic nitrogens is 1. The zero-order valence-corrected chi connectivity index (χ0v) is 23.2. The summed E-state index contributed by atoms with van der Waals surface area (Å²) in [6, 6.07) is 22.0. The molecule has 2 N–H and O–H groups in total. The molecule has 1 amide bonds. The van der Waals surface area contributed by atoms with Gasteiger partial charge in [-0.05, 0) is 64.7 Å². The lowest BCUT2D eigenvalue weighted by Gasteiger charge is -2.42. The van der Waals surface area contributed by atoms with Gasteiger partial charge in [-0.25, -0.2) is 4.79 Å². The summed E-state index contributed by atoms with van der Waals surface area (Å²) < 4.78 is 1.66. The van der Waals surface area contributed by atoms with Crippen LogP contribution in [0.15, 0.2) is 77.6 Å². The minimum absolute atomic E-state index is 0.0448. The van der Waals surface area contributed by atoms with Crippen molar-refractivity contribution in [1.29, 1.82) is 0 Å². The summed E-state index contributed by atoms with van der Waals surface area (Å²) in [7, 11) is 0. The Morgan fingerprint density at radius 2 is 1.54 bits per heavy atom. The summed E-state index contributed by atoms with van der Waals surface area (Å²) in [5.74, 6) is -0.0962. The van der Waals surface area contributed by atoms with Crippen LogP contribution in [-0.2, 0) is 0 Å². The molecule has 0 aliphatic heterocycles. The van der Waals surface area contributed by atoms with Crippen molar-refractivity contribution in [2.45, 2.75) is 64.1 Å². The Bertz CT molecular complexity index is 1550. The Labute approximate surface area is 231 Å². The number of amides is 1. The zero-order chi connectivity index (χ0) is 27.7. The van der Waals surface area contributed by atoms with Crippen molar-refractivity contribution in [1.82, 2.24) is 9.47 Å². The van der Waals surface area contributed by atoms with Crippen molar-refractivity contribution < 1.29 is 14.7 Å². The van der Waals surface area contributed by atoms with E-state index in [2.05, 4.69) is 5.32 Å². The lowest BCUT2D eigenvalue weighted by Crippen LogP contribution is -2.52. The molecule has 5 rings (SSSR count). The van der Waals surface area contributed by atoms with Crippen LogP contribution < -0.4 is 10.9 Å². The first-order chi connectivity index (χ1) is 18.6. The van der Waals surface area contributed by atoms with E-state index in [4.69, 9.17) is 0 Å². The number of benzene rings is 2. The second-order valence-electron chi connectivity index (χ2n) is 11.0. The number of carbonyl (C=O) groups is 2. The summed E-state index contributed by atoms with van der Waals surface area (Å²) in [4.78, 5) is 41.2. The molecule has 2 aromatic carbocycles. The van der Waals surface area contributed by atoms with E-state index in [0.717, 1.165) is 41.8 Å². The second kappa shape index (κ2) is 10.7. The van der Waals surface area contributed by atoms with Crippen LogP contribution in [0.3, 0.4) is 0 Å². The van der Waals surface area contributed by atoms with Crippen molar-refractivity contribution in [3.05, 3.63) is 94.3 Å². The molecular formula is C31H33N3O4S. The van der Waals surface area contributed by atoms with Crippen LogP contribution in [0.25, 0.3) is 15.9 Å². The molecular weight excluding hydrogens is 510 g/mol. The quantitative estimate of drug-likeness (QED) is 0.262. The van der Waals surface area contributed by atoms with Gasteiger partial charge in [-0.15, -0.1) is 0 Å². The van der Waals surface area contributed by atoms with Gasteiger partial charge in [-0.1, -0.05) is 59.9 Å². The average molecular weight is 544 g/mol. The fraction of sp³-hybridized carbons (Fsp3) is 0.323. The lowest BCUT2D eigenvalue weighted by molar-refractivity contribution is 0.0556. The fourth-order valence-corrected chi connectivity index (χ4v) is 6.91. The summed E-state index contributed by atoms with van der Waals surface area (Å²) in [6.45, 7) is 5.78. The molecule has 1 fully saturated rings. The van der Waals surface area contributed by atoms with Gasteiger partial charge < -0.3 is 15.3 Å². The third kappa shape index (κ3) is 5.34. The van der Waals surface area contributed by atoms with Crippen LogP contribution in [-0.4, -0.2) is 44.1 Å². The number of anilines is 1. The minimum atomic E-state index is -0.891. The normalized spacial score (nSPS) is 17.6. The van der Waals surface area contributed by atoms with E-state index >= 15 is 0 Å². The fourth-order valence-electron chi connectivity index (χ4n) is 5.62. The van der Waals surface area contributed by atoms with Gasteiger partial charge in [0.15, 0.2) is 5.78 Å². The minimum Gasteiger partial charge on any atom is -0.465 e. The molecule has 0 saturated heterocycles. The zero-order valence-electron chi connectivity index (χ0n) is 22.4. The SMILES string of the molecule is CC(C)(C)N(C(=O)O)[C@H]1CC[C@H](Nc2sc3c(ccc(=O)n3-c3ccccc3)c2C(=O)c2ccccc2)CC1.